The standard InChI is InChI=1S/C18H15N5O4/c1-2-27-17(26)15-14-12(24)10-13(25)20-16(14)23(21-15)18-19-8-9-22(18)11-6-4-3-5-7-11/h3-10H,2H2,1H3,(H2,20,24,25). The number of fused-ring (bicyclic) bond motifs is 1. The molecule has 9 heteroatoms. The third-order valence-corrected chi connectivity index (χ3v) is 3.96. The monoisotopic (exact) mass is 365 g/mol. The Balaban J connectivity index is 2.01. The van der Waals surface area contributed by atoms with Gasteiger partial charge in [0, 0.05) is 24.1 Å². The highest BCUT2D eigenvalue weighted by Crippen LogP contribution is 2.27. The molecule has 0 atom stereocenters. The van der Waals surface area contributed by atoms with Gasteiger partial charge in [-0.15, -0.1) is 0 Å². The molecular weight excluding hydrogens is 350 g/mol. The number of H-pyrrole nitrogens is 1. The molecule has 0 aliphatic carbocycles. The van der Waals surface area contributed by atoms with Gasteiger partial charge in [0.2, 0.25) is 5.95 Å². The molecule has 4 aromatic rings. The van der Waals surface area contributed by atoms with Crippen molar-refractivity contribution in [2.24, 2.45) is 0 Å². The molecule has 0 saturated heterocycles. The van der Waals surface area contributed by atoms with Crippen LogP contribution in [0.15, 0.2) is 53.6 Å². The number of carbonyl (C=O) groups is 1. The quantitative estimate of drug-likeness (QED) is 0.533. The van der Waals surface area contributed by atoms with Gasteiger partial charge in [0.25, 0.3) is 5.56 Å². The smallest absolute Gasteiger partial charge is 0.359 e. The molecule has 0 aliphatic rings. The molecule has 9 nitrogen and oxygen atoms in total. The topological polar surface area (TPSA) is 115 Å². The Labute approximate surface area is 152 Å². The number of hydrogen-bond acceptors (Lipinski definition) is 6. The summed E-state index contributed by atoms with van der Waals surface area (Å²) in [5.41, 5.74) is 0.317. The third-order valence-electron chi connectivity index (χ3n) is 3.96. The summed E-state index contributed by atoms with van der Waals surface area (Å²) >= 11 is 0. The summed E-state index contributed by atoms with van der Waals surface area (Å²) in [6, 6.07) is 10.4. The van der Waals surface area contributed by atoms with E-state index in [4.69, 9.17) is 4.74 Å². The molecule has 3 aromatic heterocycles. The summed E-state index contributed by atoms with van der Waals surface area (Å²) in [5.74, 6) is -0.731. The number of aromatic nitrogens is 5. The Bertz CT molecular complexity index is 1190. The first-order valence-corrected chi connectivity index (χ1v) is 8.21. The van der Waals surface area contributed by atoms with Crippen molar-refractivity contribution in [3.63, 3.8) is 0 Å². The van der Waals surface area contributed by atoms with Crippen molar-refractivity contribution in [2.75, 3.05) is 6.61 Å². The minimum atomic E-state index is -0.707. The van der Waals surface area contributed by atoms with Crippen molar-refractivity contribution in [3.8, 4) is 17.4 Å². The molecule has 136 valence electrons. The maximum atomic E-state index is 12.3. The molecule has 2 N–H and O–H groups in total. The van der Waals surface area contributed by atoms with Gasteiger partial charge in [-0.2, -0.15) is 9.78 Å². The van der Waals surface area contributed by atoms with Crippen LogP contribution in [0.25, 0.3) is 22.7 Å². The lowest BCUT2D eigenvalue weighted by atomic mass is 10.2. The number of ether oxygens (including phenoxy) is 1. The Morgan fingerprint density at radius 1 is 1.30 bits per heavy atom. The molecule has 0 amide bonds. The predicted octanol–water partition coefficient (Wildman–Crippen LogP) is 1.78. The summed E-state index contributed by atoms with van der Waals surface area (Å²) in [5, 5.41) is 14.6. The maximum absolute atomic E-state index is 12.3. The summed E-state index contributed by atoms with van der Waals surface area (Å²) < 4.78 is 8.06. The van der Waals surface area contributed by atoms with Crippen molar-refractivity contribution in [1.29, 1.82) is 0 Å². The predicted molar refractivity (Wildman–Crippen MR) is 96.4 cm³/mol. The van der Waals surface area contributed by atoms with Gasteiger partial charge in [-0.3, -0.25) is 9.36 Å². The summed E-state index contributed by atoms with van der Waals surface area (Å²) in [6.45, 7) is 1.82. The fourth-order valence-corrected chi connectivity index (χ4v) is 2.85. The van der Waals surface area contributed by atoms with E-state index in [1.807, 2.05) is 30.3 Å². The second-order valence-electron chi connectivity index (χ2n) is 5.66. The van der Waals surface area contributed by atoms with E-state index < -0.39 is 11.5 Å². The molecule has 1 aromatic carbocycles. The van der Waals surface area contributed by atoms with Crippen LogP contribution in [0.5, 0.6) is 5.75 Å². The van der Waals surface area contributed by atoms with Crippen molar-refractivity contribution in [2.45, 2.75) is 6.92 Å². The molecule has 3 heterocycles. The van der Waals surface area contributed by atoms with Crippen LogP contribution in [-0.4, -0.2) is 42.0 Å². The minimum absolute atomic E-state index is 0.0932. The van der Waals surface area contributed by atoms with Crippen molar-refractivity contribution < 1.29 is 14.6 Å². The largest absolute Gasteiger partial charge is 0.507 e. The zero-order chi connectivity index (χ0) is 19.0. The molecule has 0 radical (unpaired) electrons. The number of rotatable bonds is 4. The second-order valence-corrected chi connectivity index (χ2v) is 5.66. The minimum Gasteiger partial charge on any atom is -0.507 e. The Kier molecular flexibility index (Phi) is 3.96. The number of esters is 1. The average Bonchev–Trinajstić information content (AvgIpc) is 3.27. The van der Waals surface area contributed by atoms with E-state index in [-0.39, 0.29) is 29.1 Å². The van der Waals surface area contributed by atoms with Crippen molar-refractivity contribution in [1.82, 2.24) is 24.3 Å². The Morgan fingerprint density at radius 2 is 2.07 bits per heavy atom. The molecule has 0 fully saturated rings. The number of imidazole rings is 1. The molecule has 0 bridgehead atoms. The number of aromatic amines is 1. The maximum Gasteiger partial charge on any atom is 0.359 e. The number of nitrogens with one attached hydrogen (secondary N) is 1. The highest BCUT2D eigenvalue weighted by Gasteiger charge is 2.24. The van der Waals surface area contributed by atoms with Gasteiger partial charge in [0.1, 0.15) is 5.75 Å². The van der Waals surface area contributed by atoms with Gasteiger partial charge in [-0.05, 0) is 19.1 Å². The van der Waals surface area contributed by atoms with Crippen LogP contribution in [0.3, 0.4) is 0 Å². The Hall–Kier alpha value is -3.88. The summed E-state index contributed by atoms with van der Waals surface area (Å²) in [4.78, 5) is 31.1. The SMILES string of the molecule is CCOC(=O)c1nn(-c2nccn2-c2ccccc2)c2[nH]c(=O)cc(O)c12. The van der Waals surface area contributed by atoms with E-state index in [0.717, 1.165) is 11.8 Å². The lowest BCUT2D eigenvalue weighted by molar-refractivity contribution is 0.0521. The molecule has 27 heavy (non-hydrogen) atoms. The van der Waals surface area contributed by atoms with Crippen LogP contribution in [0, 0.1) is 0 Å². The Morgan fingerprint density at radius 3 is 2.81 bits per heavy atom. The lowest BCUT2D eigenvalue weighted by Gasteiger charge is -2.08. The lowest BCUT2D eigenvalue weighted by Crippen LogP contribution is -2.11. The van der Waals surface area contributed by atoms with Crippen LogP contribution in [-0.2, 0) is 4.74 Å². The highest BCUT2D eigenvalue weighted by molar-refractivity contribution is 6.03. The molecule has 0 saturated carbocycles. The number of nitrogens with zero attached hydrogens (tertiary/aromatic N) is 4. The third kappa shape index (κ3) is 2.74. The fraction of sp³-hybridized carbons (Fsp3) is 0.111. The van der Waals surface area contributed by atoms with E-state index in [0.29, 0.717) is 5.95 Å². The van der Waals surface area contributed by atoms with Crippen molar-refractivity contribution in [3.05, 3.63) is 64.8 Å². The van der Waals surface area contributed by atoms with Gasteiger partial charge in [-0.25, -0.2) is 9.78 Å². The first-order chi connectivity index (χ1) is 13.1. The van der Waals surface area contributed by atoms with Crippen molar-refractivity contribution >= 4 is 17.0 Å². The van der Waals surface area contributed by atoms with E-state index in [1.54, 1.807) is 23.9 Å². The molecule has 0 spiro atoms. The van der Waals surface area contributed by atoms with Gasteiger partial charge in [-0.1, -0.05) is 18.2 Å². The van der Waals surface area contributed by atoms with Crippen LogP contribution in [0.1, 0.15) is 17.4 Å². The van der Waals surface area contributed by atoms with Crippen LogP contribution in [0.4, 0.5) is 0 Å². The summed E-state index contributed by atoms with van der Waals surface area (Å²) in [7, 11) is 0. The number of carbonyl (C=O) groups excluding carboxylic acids is 1. The number of benzene rings is 1. The van der Waals surface area contributed by atoms with E-state index in [1.165, 1.54) is 4.68 Å². The zero-order valence-electron chi connectivity index (χ0n) is 14.3. The van der Waals surface area contributed by atoms with E-state index in [2.05, 4.69) is 15.1 Å². The van der Waals surface area contributed by atoms with E-state index in [9.17, 15) is 14.7 Å². The highest BCUT2D eigenvalue weighted by atomic mass is 16.5. The number of pyridine rings is 1. The summed E-state index contributed by atoms with van der Waals surface area (Å²) in [6.07, 6.45) is 3.30. The average molecular weight is 365 g/mol. The first-order valence-electron chi connectivity index (χ1n) is 8.21. The van der Waals surface area contributed by atoms with Crippen LogP contribution < -0.4 is 5.56 Å². The van der Waals surface area contributed by atoms with Crippen LogP contribution in [0.2, 0.25) is 0 Å². The van der Waals surface area contributed by atoms with Gasteiger partial charge in [0.05, 0.1) is 12.0 Å². The number of para-hydroxylation sites is 1. The second kappa shape index (κ2) is 6.45. The van der Waals surface area contributed by atoms with Gasteiger partial charge < -0.3 is 14.8 Å². The number of hydrogen-bond donors (Lipinski definition) is 2. The van der Waals surface area contributed by atoms with Crippen LogP contribution >= 0.6 is 0 Å². The molecule has 4 rings (SSSR count). The number of aromatic hydroxyl groups is 1. The van der Waals surface area contributed by atoms with E-state index >= 15 is 0 Å². The normalized spacial score (nSPS) is 11.0. The first kappa shape index (κ1) is 16.6. The van der Waals surface area contributed by atoms with Gasteiger partial charge in [0.15, 0.2) is 11.3 Å². The fourth-order valence-electron chi connectivity index (χ4n) is 2.85. The zero-order valence-corrected chi connectivity index (χ0v) is 14.3. The molecule has 0 unspecified atom stereocenters. The van der Waals surface area contributed by atoms with Gasteiger partial charge >= 0.3 is 5.97 Å². The molecular formula is C18H15N5O4. The molecule has 0 aliphatic heterocycles.